The summed E-state index contributed by atoms with van der Waals surface area (Å²) in [7, 11) is -3.66. The van der Waals surface area contributed by atoms with E-state index in [9.17, 15) is 8.42 Å². The molecule has 1 aromatic heterocycles. The molecule has 20 heavy (non-hydrogen) atoms. The first-order valence-electron chi connectivity index (χ1n) is 5.92. The second kappa shape index (κ2) is 5.73. The molecule has 0 bridgehead atoms. The van der Waals surface area contributed by atoms with E-state index in [1.54, 1.807) is 38.1 Å². The Hall–Kier alpha value is -1.08. The van der Waals surface area contributed by atoms with Crippen molar-refractivity contribution in [3.63, 3.8) is 0 Å². The third-order valence-electron chi connectivity index (χ3n) is 2.87. The second-order valence-corrected chi connectivity index (χ2v) is 7.77. The molecular weight excluding hydrogens is 316 g/mol. The van der Waals surface area contributed by atoms with Crippen LogP contribution in [0.5, 0.6) is 0 Å². The first-order valence-corrected chi connectivity index (χ1v) is 8.60. The number of anilines is 1. The van der Waals surface area contributed by atoms with Gasteiger partial charge < -0.3 is 5.73 Å². The second-order valence-electron chi connectivity index (χ2n) is 4.37. The van der Waals surface area contributed by atoms with Gasteiger partial charge in [-0.2, -0.15) is 0 Å². The van der Waals surface area contributed by atoms with Crippen molar-refractivity contribution in [2.75, 3.05) is 4.72 Å². The number of para-hydroxylation sites is 1. The van der Waals surface area contributed by atoms with Crippen LogP contribution in [0.4, 0.5) is 5.69 Å². The lowest BCUT2D eigenvalue weighted by Crippen LogP contribution is -2.14. The maximum Gasteiger partial charge on any atom is 0.263 e. The smallest absolute Gasteiger partial charge is 0.263 e. The summed E-state index contributed by atoms with van der Waals surface area (Å²) >= 11 is 7.43. The molecule has 0 aliphatic rings. The minimum Gasteiger partial charge on any atom is -0.326 e. The van der Waals surface area contributed by atoms with E-state index in [1.165, 1.54) is 11.3 Å². The van der Waals surface area contributed by atoms with E-state index in [2.05, 4.69) is 4.72 Å². The van der Waals surface area contributed by atoms with Crippen molar-refractivity contribution in [1.29, 1.82) is 0 Å². The molecule has 108 valence electrons. The van der Waals surface area contributed by atoms with E-state index >= 15 is 0 Å². The number of benzene rings is 1. The summed E-state index contributed by atoms with van der Waals surface area (Å²) in [5.74, 6) is 0. The van der Waals surface area contributed by atoms with Crippen molar-refractivity contribution in [1.82, 2.24) is 0 Å². The van der Waals surface area contributed by atoms with Crippen LogP contribution in [0.2, 0.25) is 5.02 Å². The van der Waals surface area contributed by atoms with Crippen LogP contribution in [0.3, 0.4) is 0 Å². The average molecular weight is 331 g/mol. The molecule has 7 heteroatoms. The van der Waals surface area contributed by atoms with Gasteiger partial charge in [-0.15, -0.1) is 11.3 Å². The third kappa shape index (κ3) is 2.98. The van der Waals surface area contributed by atoms with Crippen molar-refractivity contribution >= 4 is 38.6 Å². The van der Waals surface area contributed by atoms with Crippen LogP contribution in [0.1, 0.15) is 15.3 Å². The number of thiophene rings is 1. The summed E-state index contributed by atoms with van der Waals surface area (Å²) in [5, 5.41) is 0.375. The fourth-order valence-electron chi connectivity index (χ4n) is 1.84. The molecular formula is C13H15ClN2O2S2. The quantitative estimate of drug-likeness (QED) is 0.903. The van der Waals surface area contributed by atoms with Crippen molar-refractivity contribution in [3.05, 3.63) is 44.6 Å². The summed E-state index contributed by atoms with van der Waals surface area (Å²) in [4.78, 5) is 1.80. The largest absolute Gasteiger partial charge is 0.326 e. The highest BCUT2D eigenvalue weighted by atomic mass is 35.5. The highest BCUT2D eigenvalue weighted by Gasteiger charge is 2.21. The van der Waals surface area contributed by atoms with Crippen LogP contribution in [0.15, 0.2) is 29.2 Å². The molecule has 0 spiro atoms. The van der Waals surface area contributed by atoms with Crippen molar-refractivity contribution in [2.45, 2.75) is 25.3 Å². The molecule has 0 radical (unpaired) electrons. The van der Waals surface area contributed by atoms with Crippen molar-refractivity contribution in [3.8, 4) is 0 Å². The lowest BCUT2D eigenvalue weighted by molar-refractivity contribution is 0.601. The molecule has 4 nitrogen and oxygen atoms in total. The topological polar surface area (TPSA) is 72.2 Å². The van der Waals surface area contributed by atoms with Crippen LogP contribution in [-0.4, -0.2) is 8.42 Å². The first-order chi connectivity index (χ1) is 9.35. The van der Waals surface area contributed by atoms with E-state index in [4.69, 9.17) is 17.3 Å². The number of hydrogen-bond acceptors (Lipinski definition) is 4. The molecule has 1 aromatic carbocycles. The van der Waals surface area contributed by atoms with Gasteiger partial charge in [-0.1, -0.05) is 23.7 Å². The lowest BCUT2D eigenvalue weighted by atomic mass is 10.2. The van der Waals surface area contributed by atoms with Gasteiger partial charge in [0.2, 0.25) is 0 Å². The van der Waals surface area contributed by atoms with Gasteiger partial charge in [0.15, 0.2) is 0 Å². The zero-order valence-corrected chi connectivity index (χ0v) is 13.5. The number of sulfonamides is 1. The van der Waals surface area contributed by atoms with E-state index in [0.29, 0.717) is 22.1 Å². The summed E-state index contributed by atoms with van der Waals surface area (Å²) in [5.41, 5.74) is 6.73. The Morgan fingerprint density at radius 1 is 1.35 bits per heavy atom. The summed E-state index contributed by atoms with van der Waals surface area (Å²) < 4.78 is 27.5. The van der Waals surface area contributed by atoms with Crippen molar-refractivity contribution < 1.29 is 8.42 Å². The molecule has 0 fully saturated rings. The Bertz CT molecular complexity index is 719. The SMILES string of the molecule is Cc1cccc(Cl)c1NS(=O)(=O)c1cc(CN)sc1C. The molecule has 2 rings (SSSR count). The van der Waals surface area contributed by atoms with Gasteiger partial charge in [-0.25, -0.2) is 8.42 Å². The van der Waals surface area contributed by atoms with Gasteiger partial charge in [0.05, 0.1) is 10.7 Å². The minimum atomic E-state index is -3.66. The van der Waals surface area contributed by atoms with Crippen LogP contribution in [0.25, 0.3) is 0 Å². The molecule has 0 aliphatic heterocycles. The molecule has 0 amide bonds. The third-order valence-corrected chi connectivity index (χ3v) is 5.87. The monoisotopic (exact) mass is 330 g/mol. The molecule has 1 heterocycles. The van der Waals surface area contributed by atoms with Crippen molar-refractivity contribution in [2.24, 2.45) is 5.73 Å². The molecule has 0 unspecified atom stereocenters. The molecule has 0 aliphatic carbocycles. The minimum absolute atomic E-state index is 0.252. The van der Waals surface area contributed by atoms with E-state index in [0.717, 1.165) is 10.4 Å². The Morgan fingerprint density at radius 3 is 2.60 bits per heavy atom. The van der Waals surface area contributed by atoms with Crippen LogP contribution in [-0.2, 0) is 16.6 Å². The summed E-state index contributed by atoms with van der Waals surface area (Å²) in [6.45, 7) is 3.89. The first kappa shape index (κ1) is 15.3. The van der Waals surface area contributed by atoms with Gasteiger partial charge in [-0.3, -0.25) is 4.72 Å². The van der Waals surface area contributed by atoms with Crippen LogP contribution in [0, 0.1) is 13.8 Å². The number of nitrogens with one attached hydrogen (secondary N) is 1. The fraction of sp³-hybridized carbons (Fsp3) is 0.231. The number of halogens is 1. The predicted octanol–water partition coefficient (Wildman–Crippen LogP) is 3.28. The Labute approximate surface area is 127 Å². The summed E-state index contributed by atoms with van der Waals surface area (Å²) in [6, 6.07) is 6.83. The number of hydrogen-bond donors (Lipinski definition) is 2. The fourth-order valence-corrected chi connectivity index (χ4v) is 4.83. The zero-order valence-electron chi connectivity index (χ0n) is 11.1. The standard InChI is InChI=1S/C13H15ClN2O2S2/c1-8-4-3-5-11(14)13(8)16-20(17,18)12-6-10(7-15)19-9(12)2/h3-6,16H,7,15H2,1-2H3. The van der Waals surface area contributed by atoms with Gasteiger partial charge in [0, 0.05) is 16.3 Å². The average Bonchev–Trinajstić information content (AvgIpc) is 2.76. The van der Waals surface area contributed by atoms with E-state index in [-0.39, 0.29) is 4.90 Å². The highest BCUT2D eigenvalue weighted by Crippen LogP contribution is 2.31. The van der Waals surface area contributed by atoms with Gasteiger partial charge in [0.25, 0.3) is 10.0 Å². The Morgan fingerprint density at radius 2 is 2.05 bits per heavy atom. The maximum atomic E-state index is 12.5. The van der Waals surface area contributed by atoms with E-state index < -0.39 is 10.0 Å². The van der Waals surface area contributed by atoms with Gasteiger partial charge in [0.1, 0.15) is 4.90 Å². The predicted molar refractivity (Wildman–Crippen MR) is 83.9 cm³/mol. The molecule has 2 aromatic rings. The molecule has 3 N–H and O–H groups in total. The zero-order chi connectivity index (χ0) is 14.9. The number of nitrogens with two attached hydrogens (primary N) is 1. The van der Waals surface area contributed by atoms with Crippen LogP contribution < -0.4 is 10.5 Å². The number of aryl methyl sites for hydroxylation is 2. The highest BCUT2D eigenvalue weighted by molar-refractivity contribution is 7.93. The van der Waals surface area contributed by atoms with Gasteiger partial charge in [-0.05, 0) is 31.5 Å². The molecule has 0 saturated carbocycles. The summed E-state index contributed by atoms with van der Waals surface area (Å²) in [6.07, 6.45) is 0. The van der Waals surface area contributed by atoms with Gasteiger partial charge >= 0.3 is 0 Å². The lowest BCUT2D eigenvalue weighted by Gasteiger charge is -2.11. The van der Waals surface area contributed by atoms with Crippen LogP contribution >= 0.6 is 22.9 Å². The molecule has 0 saturated heterocycles. The Balaban J connectivity index is 2.43. The number of rotatable bonds is 4. The molecule has 0 atom stereocenters. The van der Waals surface area contributed by atoms with E-state index in [1.807, 2.05) is 0 Å². The normalized spacial score (nSPS) is 11.6. The maximum absolute atomic E-state index is 12.5. The Kier molecular flexibility index (Phi) is 4.39.